The van der Waals surface area contributed by atoms with Gasteiger partial charge in [-0.2, -0.15) is 0 Å². The summed E-state index contributed by atoms with van der Waals surface area (Å²) in [6.45, 7) is 5.13. The maximum Gasteiger partial charge on any atom is 0.253 e. The van der Waals surface area contributed by atoms with Crippen LogP contribution in [0.5, 0.6) is 0 Å². The average molecular weight is 529 g/mol. The van der Waals surface area contributed by atoms with Crippen molar-refractivity contribution in [2.75, 3.05) is 56.2 Å². The second-order valence-corrected chi connectivity index (χ2v) is 9.40. The lowest BCUT2D eigenvalue weighted by Gasteiger charge is -2.26. The summed E-state index contributed by atoms with van der Waals surface area (Å²) in [4.78, 5) is 42.2. The van der Waals surface area contributed by atoms with Gasteiger partial charge in [0.25, 0.3) is 5.91 Å². The number of nitrogens with one attached hydrogen (secondary N) is 2. The van der Waals surface area contributed by atoms with Crippen LogP contribution in [0.1, 0.15) is 23.2 Å². The van der Waals surface area contributed by atoms with E-state index in [1.54, 1.807) is 29.2 Å². The fourth-order valence-corrected chi connectivity index (χ4v) is 4.47. The number of para-hydroxylation sites is 1. The number of benzene rings is 2. The lowest BCUT2D eigenvalue weighted by molar-refractivity contribution is -0.122. The molecule has 34 heavy (non-hydrogen) atoms. The van der Waals surface area contributed by atoms with E-state index in [1.807, 2.05) is 24.3 Å². The van der Waals surface area contributed by atoms with Crippen LogP contribution >= 0.6 is 15.9 Å². The minimum Gasteiger partial charge on any atom is -0.379 e. The summed E-state index contributed by atoms with van der Waals surface area (Å²) in [5, 5.41) is 5.82. The van der Waals surface area contributed by atoms with Crippen LogP contribution in [-0.2, 0) is 14.3 Å². The average Bonchev–Trinajstić information content (AvgIpc) is 3.25. The van der Waals surface area contributed by atoms with Crippen LogP contribution in [-0.4, -0.2) is 68.6 Å². The van der Waals surface area contributed by atoms with Gasteiger partial charge in [-0.15, -0.1) is 0 Å². The van der Waals surface area contributed by atoms with E-state index in [0.29, 0.717) is 24.3 Å². The van der Waals surface area contributed by atoms with Crippen LogP contribution in [0.3, 0.4) is 0 Å². The quantitative estimate of drug-likeness (QED) is 0.514. The molecule has 2 N–H and O–H groups in total. The van der Waals surface area contributed by atoms with Gasteiger partial charge in [0.1, 0.15) is 0 Å². The largest absolute Gasteiger partial charge is 0.379 e. The van der Waals surface area contributed by atoms with Gasteiger partial charge < -0.3 is 20.3 Å². The number of rotatable bonds is 8. The number of morpholine rings is 1. The maximum atomic E-state index is 13.0. The Morgan fingerprint density at radius 3 is 2.56 bits per heavy atom. The Kier molecular flexibility index (Phi) is 8.31. The molecule has 9 heteroatoms. The first-order valence-corrected chi connectivity index (χ1v) is 12.3. The maximum absolute atomic E-state index is 13.0. The van der Waals surface area contributed by atoms with Gasteiger partial charge in [-0.05, 0) is 49.4 Å². The van der Waals surface area contributed by atoms with Crippen LogP contribution in [0.4, 0.5) is 11.4 Å². The fraction of sp³-hybridized carbons (Fsp3) is 0.400. The Hall–Kier alpha value is -2.75. The lowest BCUT2D eigenvalue weighted by Crippen LogP contribution is -2.38. The summed E-state index contributed by atoms with van der Waals surface area (Å²) in [7, 11) is 0. The van der Waals surface area contributed by atoms with Crippen molar-refractivity contribution >= 4 is 45.0 Å². The van der Waals surface area contributed by atoms with Crippen LogP contribution in [0, 0.1) is 5.92 Å². The fourth-order valence-electron chi connectivity index (χ4n) is 4.20. The number of hydrogen-bond acceptors (Lipinski definition) is 5. The third kappa shape index (κ3) is 6.22. The smallest absolute Gasteiger partial charge is 0.253 e. The summed E-state index contributed by atoms with van der Waals surface area (Å²) >= 11 is 3.39. The number of hydrogen-bond donors (Lipinski definition) is 2. The van der Waals surface area contributed by atoms with Gasteiger partial charge in [0.05, 0.1) is 30.4 Å². The zero-order valence-corrected chi connectivity index (χ0v) is 20.6. The summed E-state index contributed by atoms with van der Waals surface area (Å²) in [6.07, 6.45) is 0.980. The Morgan fingerprint density at radius 2 is 1.79 bits per heavy atom. The molecule has 2 aliphatic heterocycles. The van der Waals surface area contributed by atoms with Crippen LogP contribution in [0.2, 0.25) is 0 Å². The van der Waals surface area contributed by atoms with Crippen molar-refractivity contribution in [2.45, 2.75) is 12.8 Å². The standard InChI is InChI=1S/C25H29BrN4O4/c26-19-6-8-20(9-7-19)30-17-18(16-23(30)31)24(32)28-22-5-2-1-4-21(22)25(33)27-10-3-11-29-12-14-34-15-13-29/h1-2,4-9,18H,3,10-17H2,(H,27,33)(H,28,32)/t18-/m1/s1. The van der Waals surface area contributed by atoms with Crippen molar-refractivity contribution in [3.05, 3.63) is 58.6 Å². The van der Waals surface area contributed by atoms with Crippen molar-refractivity contribution in [3.8, 4) is 0 Å². The number of amides is 3. The predicted octanol–water partition coefficient (Wildman–Crippen LogP) is 2.89. The minimum atomic E-state index is -0.485. The van der Waals surface area contributed by atoms with E-state index in [9.17, 15) is 14.4 Å². The van der Waals surface area contributed by atoms with E-state index in [0.717, 1.165) is 49.4 Å². The third-order valence-electron chi connectivity index (χ3n) is 6.10. The number of nitrogens with zero attached hydrogens (tertiary/aromatic N) is 2. The van der Waals surface area contributed by atoms with Gasteiger partial charge in [-0.25, -0.2) is 0 Å². The molecule has 1 atom stereocenters. The highest BCUT2D eigenvalue weighted by Gasteiger charge is 2.35. The first-order valence-electron chi connectivity index (χ1n) is 11.6. The van der Waals surface area contributed by atoms with E-state index >= 15 is 0 Å². The normalized spacial score (nSPS) is 18.7. The highest BCUT2D eigenvalue weighted by atomic mass is 79.9. The number of halogens is 1. The highest BCUT2D eigenvalue weighted by Crippen LogP contribution is 2.27. The number of carbonyl (C=O) groups excluding carboxylic acids is 3. The van der Waals surface area contributed by atoms with E-state index in [1.165, 1.54) is 0 Å². The Balaban J connectivity index is 1.31. The second kappa shape index (κ2) is 11.6. The Bertz CT molecular complexity index is 1020. The van der Waals surface area contributed by atoms with Gasteiger partial charge in [0.15, 0.2) is 0 Å². The van der Waals surface area contributed by atoms with Crippen LogP contribution < -0.4 is 15.5 Å². The monoisotopic (exact) mass is 528 g/mol. The SMILES string of the molecule is O=C(NCCCN1CCOCC1)c1ccccc1NC(=O)[C@@H]1CC(=O)N(c2ccc(Br)cc2)C1. The van der Waals surface area contributed by atoms with Gasteiger partial charge in [-0.1, -0.05) is 28.1 Å². The Morgan fingerprint density at radius 1 is 1.06 bits per heavy atom. The van der Waals surface area contributed by atoms with E-state index in [2.05, 4.69) is 31.5 Å². The molecule has 0 radical (unpaired) electrons. The molecule has 0 saturated carbocycles. The van der Waals surface area contributed by atoms with Gasteiger partial charge in [0, 0.05) is 42.8 Å². The summed E-state index contributed by atoms with van der Waals surface area (Å²) in [5.41, 5.74) is 1.63. The predicted molar refractivity (Wildman–Crippen MR) is 134 cm³/mol. The summed E-state index contributed by atoms with van der Waals surface area (Å²) < 4.78 is 6.28. The van der Waals surface area contributed by atoms with Gasteiger partial charge in [-0.3, -0.25) is 19.3 Å². The first kappa shape index (κ1) is 24.4. The topological polar surface area (TPSA) is 91.0 Å². The molecule has 2 heterocycles. The Labute approximate surface area is 207 Å². The van der Waals surface area contributed by atoms with E-state index in [4.69, 9.17) is 4.74 Å². The molecule has 8 nitrogen and oxygen atoms in total. The van der Waals surface area contributed by atoms with Crippen molar-refractivity contribution in [1.82, 2.24) is 10.2 Å². The van der Waals surface area contributed by atoms with Gasteiger partial charge >= 0.3 is 0 Å². The number of ether oxygens (including phenoxy) is 1. The highest BCUT2D eigenvalue weighted by molar-refractivity contribution is 9.10. The molecule has 2 aromatic rings. The van der Waals surface area contributed by atoms with Crippen LogP contribution in [0.15, 0.2) is 53.0 Å². The molecule has 2 aromatic carbocycles. The molecular formula is C25H29BrN4O4. The third-order valence-corrected chi connectivity index (χ3v) is 6.63. The molecule has 0 unspecified atom stereocenters. The number of carbonyl (C=O) groups is 3. The van der Waals surface area contributed by atoms with Crippen molar-refractivity contribution in [1.29, 1.82) is 0 Å². The molecular weight excluding hydrogens is 500 g/mol. The zero-order valence-electron chi connectivity index (χ0n) is 19.0. The molecule has 0 aromatic heterocycles. The minimum absolute atomic E-state index is 0.0891. The number of anilines is 2. The molecule has 0 spiro atoms. The van der Waals surface area contributed by atoms with Crippen molar-refractivity contribution in [2.24, 2.45) is 5.92 Å². The van der Waals surface area contributed by atoms with E-state index in [-0.39, 0.29) is 24.1 Å². The van der Waals surface area contributed by atoms with Crippen LogP contribution in [0.25, 0.3) is 0 Å². The molecule has 0 bridgehead atoms. The molecule has 3 amide bonds. The molecule has 2 saturated heterocycles. The molecule has 4 rings (SSSR count). The second-order valence-electron chi connectivity index (χ2n) is 8.48. The van der Waals surface area contributed by atoms with Crippen molar-refractivity contribution in [3.63, 3.8) is 0 Å². The molecule has 2 fully saturated rings. The molecule has 2 aliphatic rings. The van der Waals surface area contributed by atoms with E-state index < -0.39 is 5.92 Å². The summed E-state index contributed by atoms with van der Waals surface area (Å²) in [6, 6.07) is 14.4. The zero-order chi connectivity index (χ0) is 23.9. The molecule has 0 aliphatic carbocycles. The molecule has 180 valence electrons. The van der Waals surface area contributed by atoms with Gasteiger partial charge in [0.2, 0.25) is 11.8 Å². The lowest BCUT2D eigenvalue weighted by atomic mass is 10.1. The summed E-state index contributed by atoms with van der Waals surface area (Å²) in [5.74, 6) is -1.06. The van der Waals surface area contributed by atoms with Crippen molar-refractivity contribution < 1.29 is 19.1 Å². The first-order chi connectivity index (χ1) is 16.5.